The van der Waals surface area contributed by atoms with Crippen LogP contribution >= 0.6 is 0 Å². The van der Waals surface area contributed by atoms with Crippen molar-refractivity contribution >= 4 is 17.4 Å². The molecule has 106 valence electrons. The smallest absolute Gasteiger partial charge is 0.316 e. The van der Waals surface area contributed by atoms with Crippen LogP contribution in [0.4, 0.5) is 16.2 Å². The Morgan fingerprint density at radius 3 is 2.21 bits per heavy atom. The number of amides is 2. The monoisotopic (exact) mass is 263 g/mol. The van der Waals surface area contributed by atoms with Gasteiger partial charge in [0.25, 0.3) is 0 Å². The van der Waals surface area contributed by atoms with Crippen molar-refractivity contribution in [1.82, 2.24) is 0 Å². The molecule has 1 aromatic carbocycles. The summed E-state index contributed by atoms with van der Waals surface area (Å²) in [5.41, 5.74) is 6.86. The second-order valence-electron chi connectivity index (χ2n) is 5.07. The number of anilines is 2. The van der Waals surface area contributed by atoms with Gasteiger partial charge in [0.2, 0.25) is 0 Å². The summed E-state index contributed by atoms with van der Waals surface area (Å²) < 4.78 is 0. The van der Waals surface area contributed by atoms with Crippen LogP contribution in [-0.4, -0.2) is 12.1 Å². The predicted molar refractivity (Wildman–Crippen MR) is 81.4 cm³/mol. The third-order valence-corrected chi connectivity index (χ3v) is 3.40. The van der Waals surface area contributed by atoms with E-state index in [2.05, 4.69) is 31.4 Å². The number of rotatable bonds is 7. The molecule has 0 fully saturated rings. The van der Waals surface area contributed by atoms with E-state index in [9.17, 15) is 4.79 Å². The van der Waals surface area contributed by atoms with Gasteiger partial charge in [-0.1, -0.05) is 27.2 Å². The summed E-state index contributed by atoms with van der Waals surface area (Å²) in [7, 11) is 0. The van der Waals surface area contributed by atoms with Gasteiger partial charge >= 0.3 is 6.03 Å². The van der Waals surface area contributed by atoms with Crippen molar-refractivity contribution in [2.75, 3.05) is 10.6 Å². The number of nitrogens with two attached hydrogens (primary N) is 1. The Morgan fingerprint density at radius 2 is 1.74 bits per heavy atom. The van der Waals surface area contributed by atoms with Gasteiger partial charge < -0.3 is 16.4 Å². The van der Waals surface area contributed by atoms with Crippen molar-refractivity contribution in [2.24, 2.45) is 11.7 Å². The van der Waals surface area contributed by atoms with Gasteiger partial charge in [0, 0.05) is 17.4 Å². The summed E-state index contributed by atoms with van der Waals surface area (Å²) in [6, 6.07) is 7.58. The molecule has 0 aliphatic rings. The summed E-state index contributed by atoms with van der Waals surface area (Å²) in [6.07, 6.45) is 3.49. The Balaban J connectivity index is 2.57. The van der Waals surface area contributed by atoms with E-state index in [1.54, 1.807) is 0 Å². The summed E-state index contributed by atoms with van der Waals surface area (Å²) in [5, 5.41) is 6.08. The van der Waals surface area contributed by atoms with Crippen LogP contribution in [-0.2, 0) is 0 Å². The second kappa shape index (κ2) is 7.67. The standard InChI is InChI=1S/C15H25N3O/c1-4-11(3)10-12(5-2)17-13-6-8-14(9-7-13)18-15(16)19/h6-9,11-12,17H,4-5,10H2,1-3H3,(H3,16,18,19). The fourth-order valence-corrected chi connectivity index (χ4v) is 2.01. The lowest BCUT2D eigenvalue weighted by molar-refractivity contribution is 0.259. The molecular formula is C15H25N3O. The normalized spacial score (nSPS) is 13.6. The average molecular weight is 263 g/mol. The zero-order valence-corrected chi connectivity index (χ0v) is 12.1. The summed E-state index contributed by atoms with van der Waals surface area (Å²) in [5.74, 6) is 0.730. The van der Waals surface area contributed by atoms with E-state index in [-0.39, 0.29) is 0 Å². The average Bonchev–Trinajstić information content (AvgIpc) is 2.39. The van der Waals surface area contributed by atoms with Crippen molar-refractivity contribution in [3.05, 3.63) is 24.3 Å². The fourth-order valence-electron chi connectivity index (χ4n) is 2.01. The molecule has 4 heteroatoms. The molecule has 0 heterocycles. The first kappa shape index (κ1) is 15.3. The number of urea groups is 1. The van der Waals surface area contributed by atoms with Gasteiger partial charge in [-0.05, 0) is 43.0 Å². The van der Waals surface area contributed by atoms with Crippen LogP contribution in [0.3, 0.4) is 0 Å². The van der Waals surface area contributed by atoms with E-state index < -0.39 is 6.03 Å². The van der Waals surface area contributed by atoms with E-state index in [0.717, 1.165) is 18.0 Å². The van der Waals surface area contributed by atoms with E-state index in [4.69, 9.17) is 5.73 Å². The topological polar surface area (TPSA) is 67.2 Å². The molecule has 19 heavy (non-hydrogen) atoms. The highest BCUT2D eigenvalue weighted by atomic mass is 16.2. The quantitative estimate of drug-likeness (QED) is 0.700. The van der Waals surface area contributed by atoms with E-state index in [1.165, 1.54) is 12.8 Å². The maximum absolute atomic E-state index is 10.7. The van der Waals surface area contributed by atoms with Gasteiger partial charge in [-0.2, -0.15) is 0 Å². The summed E-state index contributed by atoms with van der Waals surface area (Å²) in [4.78, 5) is 10.7. The van der Waals surface area contributed by atoms with Gasteiger partial charge in [0.05, 0.1) is 0 Å². The van der Waals surface area contributed by atoms with Crippen LogP contribution in [0.25, 0.3) is 0 Å². The van der Waals surface area contributed by atoms with Crippen molar-refractivity contribution in [3.63, 3.8) is 0 Å². The molecule has 0 spiro atoms. The third kappa shape index (κ3) is 5.64. The summed E-state index contributed by atoms with van der Waals surface area (Å²) >= 11 is 0. The maximum Gasteiger partial charge on any atom is 0.316 e. The first-order chi connectivity index (χ1) is 9.05. The Hall–Kier alpha value is -1.71. The third-order valence-electron chi connectivity index (χ3n) is 3.40. The van der Waals surface area contributed by atoms with Crippen LogP contribution in [0.15, 0.2) is 24.3 Å². The highest BCUT2D eigenvalue weighted by Gasteiger charge is 2.10. The molecule has 0 saturated carbocycles. The molecule has 4 N–H and O–H groups in total. The molecule has 1 aromatic rings. The zero-order chi connectivity index (χ0) is 14.3. The molecule has 0 aliphatic heterocycles. The largest absolute Gasteiger partial charge is 0.382 e. The Bertz CT molecular complexity index is 389. The van der Waals surface area contributed by atoms with Crippen LogP contribution in [0.2, 0.25) is 0 Å². The van der Waals surface area contributed by atoms with E-state index >= 15 is 0 Å². The Morgan fingerprint density at radius 1 is 1.16 bits per heavy atom. The highest BCUT2D eigenvalue weighted by molar-refractivity contribution is 5.87. The van der Waals surface area contributed by atoms with Crippen LogP contribution in [0.1, 0.15) is 40.0 Å². The highest BCUT2D eigenvalue weighted by Crippen LogP contribution is 2.19. The number of benzene rings is 1. The summed E-state index contributed by atoms with van der Waals surface area (Å²) in [6.45, 7) is 6.70. The molecule has 1 rings (SSSR count). The van der Waals surface area contributed by atoms with Gasteiger partial charge in [-0.3, -0.25) is 0 Å². The molecule has 2 atom stereocenters. The SMILES string of the molecule is CCC(C)CC(CC)Nc1ccc(NC(N)=O)cc1. The number of nitrogens with one attached hydrogen (secondary N) is 2. The minimum Gasteiger partial charge on any atom is -0.382 e. The first-order valence-electron chi connectivity index (χ1n) is 6.98. The lowest BCUT2D eigenvalue weighted by Crippen LogP contribution is -2.21. The van der Waals surface area contributed by atoms with Gasteiger partial charge in [0.15, 0.2) is 0 Å². The zero-order valence-electron chi connectivity index (χ0n) is 12.1. The minimum atomic E-state index is -0.538. The molecule has 2 amide bonds. The van der Waals surface area contributed by atoms with Gasteiger partial charge in [-0.25, -0.2) is 4.79 Å². The second-order valence-corrected chi connectivity index (χ2v) is 5.07. The lowest BCUT2D eigenvalue weighted by Gasteiger charge is -2.21. The lowest BCUT2D eigenvalue weighted by atomic mass is 9.97. The number of hydrogen-bond acceptors (Lipinski definition) is 2. The molecule has 2 unspecified atom stereocenters. The van der Waals surface area contributed by atoms with Crippen LogP contribution in [0.5, 0.6) is 0 Å². The Kier molecular flexibility index (Phi) is 6.19. The van der Waals surface area contributed by atoms with Crippen LogP contribution < -0.4 is 16.4 Å². The van der Waals surface area contributed by atoms with Crippen molar-refractivity contribution in [3.8, 4) is 0 Å². The maximum atomic E-state index is 10.7. The molecular weight excluding hydrogens is 238 g/mol. The van der Waals surface area contributed by atoms with E-state index in [0.29, 0.717) is 11.7 Å². The van der Waals surface area contributed by atoms with Gasteiger partial charge in [-0.15, -0.1) is 0 Å². The number of hydrogen-bond donors (Lipinski definition) is 3. The molecule has 0 radical (unpaired) electrons. The van der Waals surface area contributed by atoms with Crippen LogP contribution in [0, 0.1) is 5.92 Å². The number of carbonyl (C=O) groups is 1. The molecule has 0 aliphatic carbocycles. The fraction of sp³-hybridized carbons (Fsp3) is 0.533. The number of carbonyl (C=O) groups excluding carboxylic acids is 1. The molecule has 4 nitrogen and oxygen atoms in total. The predicted octanol–water partition coefficient (Wildman–Crippen LogP) is 3.80. The van der Waals surface area contributed by atoms with Crippen molar-refractivity contribution in [2.45, 2.75) is 46.1 Å². The van der Waals surface area contributed by atoms with Crippen molar-refractivity contribution in [1.29, 1.82) is 0 Å². The van der Waals surface area contributed by atoms with Crippen molar-refractivity contribution < 1.29 is 4.79 Å². The van der Waals surface area contributed by atoms with E-state index in [1.807, 2.05) is 24.3 Å². The molecule has 0 saturated heterocycles. The number of primary amides is 1. The van der Waals surface area contributed by atoms with Gasteiger partial charge in [0.1, 0.15) is 0 Å². The minimum absolute atomic E-state index is 0.491. The molecule has 0 aromatic heterocycles. The Labute approximate surface area is 115 Å². The molecule has 0 bridgehead atoms. The first-order valence-corrected chi connectivity index (χ1v) is 6.98.